The predicted molar refractivity (Wildman–Crippen MR) is 110 cm³/mol. The number of fused-ring (bicyclic) bond motifs is 1. The quantitative estimate of drug-likeness (QED) is 0.597. The number of hydrogen-bond acceptors (Lipinski definition) is 6. The molecule has 0 radical (unpaired) electrons. The number of anilines is 1. The maximum absolute atomic E-state index is 12.6. The number of ether oxygens (including phenoxy) is 1. The average molecular weight is 386 g/mol. The Morgan fingerprint density at radius 2 is 2.08 bits per heavy atom. The van der Waals surface area contributed by atoms with Crippen molar-refractivity contribution in [3.63, 3.8) is 0 Å². The molecule has 0 N–H and O–H groups in total. The normalized spacial score (nSPS) is 19.8. The fraction of sp³-hybridized carbons (Fsp3) is 0.316. The molecule has 3 heterocycles. The predicted octanol–water partition coefficient (Wildman–Crippen LogP) is 3.29. The number of morpholine rings is 1. The van der Waals surface area contributed by atoms with E-state index < -0.39 is 0 Å². The van der Waals surface area contributed by atoms with Crippen molar-refractivity contribution in [2.45, 2.75) is 6.92 Å². The van der Waals surface area contributed by atoms with E-state index in [0.717, 1.165) is 35.4 Å². The van der Waals surface area contributed by atoms with E-state index in [9.17, 15) is 4.79 Å². The number of likely N-dealkylation sites (N-methyl/N-ethyl adjacent to an activating group) is 1. The van der Waals surface area contributed by atoms with Crippen LogP contribution in [0.5, 0.6) is 0 Å². The van der Waals surface area contributed by atoms with Gasteiger partial charge in [0.05, 0.1) is 23.6 Å². The Morgan fingerprint density at radius 1 is 1.31 bits per heavy atom. The molecule has 4 rings (SSSR count). The van der Waals surface area contributed by atoms with Gasteiger partial charge in [-0.25, -0.2) is 4.98 Å². The van der Waals surface area contributed by atoms with E-state index >= 15 is 0 Å². The minimum atomic E-state index is -0.0245. The maximum atomic E-state index is 12.6. The highest BCUT2D eigenvalue weighted by Crippen LogP contribution is 2.35. The first-order chi connectivity index (χ1) is 12.7. The molecule has 0 bridgehead atoms. The molecule has 1 aromatic heterocycles. The van der Waals surface area contributed by atoms with Crippen LogP contribution in [-0.4, -0.2) is 53.0 Å². The lowest BCUT2D eigenvalue weighted by atomic mass is 10.1. The second-order valence-corrected chi connectivity index (χ2v) is 7.80. The first-order valence-electron chi connectivity index (χ1n) is 8.65. The van der Waals surface area contributed by atoms with Crippen molar-refractivity contribution in [2.24, 2.45) is 0 Å². The fourth-order valence-electron chi connectivity index (χ4n) is 3.17. The van der Waals surface area contributed by atoms with Gasteiger partial charge in [0.1, 0.15) is 10.1 Å². The zero-order valence-electron chi connectivity index (χ0n) is 14.5. The SMILES string of the molecule is CCN1C(=O)C(=Cc2cc3ccccc3nc2N2CCOCC2)SC1=S. The number of carbonyl (C=O) groups is 1. The molecule has 2 saturated heterocycles. The van der Waals surface area contributed by atoms with Crippen molar-refractivity contribution in [3.05, 3.63) is 40.8 Å². The molecule has 1 aromatic carbocycles. The summed E-state index contributed by atoms with van der Waals surface area (Å²) < 4.78 is 6.09. The van der Waals surface area contributed by atoms with Gasteiger partial charge in [-0.15, -0.1) is 0 Å². The fourth-order valence-corrected chi connectivity index (χ4v) is 4.55. The molecule has 7 heteroatoms. The molecule has 0 atom stereocenters. The Kier molecular flexibility index (Phi) is 4.93. The van der Waals surface area contributed by atoms with Gasteiger partial charge >= 0.3 is 0 Å². The van der Waals surface area contributed by atoms with E-state index in [1.807, 2.05) is 37.3 Å². The van der Waals surface area contributed by atoms with Gasteiger partial charge in [0, 0.05) is 30.6 Å². The molecular weight excluding hydrogens is 366 g/mol. The summed E-state index contributed by atoms with van der Waals surface area (Å²) in [6.07, 6.45) is 1.93. The molecule has 1 amide bonds. The molecule has 2 aromatic rings. The Labute approximate surface area is 162 Å². The maximum Gasteiger partial charge on any atom is 0.266 e. The lowest BCUT2D eigenvalue weighted by Crippen LogP contribution is -2.37. The van der Waals surface area contributed by atoms with E-state index in [0.29, 0.717) is 29.0 Å². The molecule has 2 aliphatic heterocycles. The molecule has 2 fully saturated rings. The van der Waals surface area contributed by atoms with Crippen molar-refractivity contribution >= 4 is 57.0 Å². The molecule has 0 saturated carbocycles. The third-order valence-electron chi connectivity index (χ3n) is 4.52. The molecule has 26 heavy (non-hydrogen) atoms. The van der Waals surface area contributed by atoms with Crippen molar-refractivity contribution in [3.8, 4) is 0 Å². The largest absolute Gasteiger partial charge is 0.378 e. The van der Waals surface area contributed by atoms with Crippen LogP contribution in [0.15, 0.2) is 35.2 Å². The average Bonchev–Trinajstić information content (AvgIpc) is 2.94. The summed E-state index contributed by atoms with van der Waals surface area (Å²) in [6.45, 7) is 5.49. The molecule has 5 nitrogen and oxygen atoms in total. The Morgan fingerprint density at radius 3 is 2.81 bits per heavy atom. The van der Waals surface area contributed by atoms with Gasteiger partial charge in [0.25, 0.3) is 5.91 Å². The number of aromatic nitrogens is 1. The Balaban J connectivity index is 1.81. The number of thioether (sulfide) groups is 1. The summed E-state index contributed by atoms with van der Waals surface area (Å²) in [4.78, 5) is 22.0. The highest BCUT2D eigenvalue weighted by molar-refractivity contribution is 8.26. The molecule has 2 aliphatic rings. The van der Waals surface area contributed by atoms with Gasteiger partial charge in [-0.2, -0.15) is 0 Å². The molecule has 134 valence electrons. The van der Waals surface area contributed by atoms with Gasteiger partial charge in [0.2, 0.25) is 0 Å². The van der Waals surface area contributed by atoms with Gasteiger partial charge in [-0.05, 0) is 25.1 Å². The topological polar surface area (TPSA) is 45.7 Å². The number of nitrogens with zero attached hydrogens (tertiary/aromatic N) is 3. The van der Waals surface area contributed by atoms with Gasteiger partial charge in [-0.3, -0.25) is 9.69 Å². The van der Waals surface area contributed by atoms with Crippen LogP contribution in [0.4, 0.5) is 5.82 Å². The minimum absolute atomic E-state index is 0.0245. The van der Waals surface area contributed by atoms with E-state index in [4.69, 9.17) is 21.9 Å². The van der Waals surface area contributed by atoms with Crippen LogP contribution in [0.3, 0.4) is 0 Å². The second-order valence-electron chi connectivity index (χ2n) is 6.12. The molecule has 0 spiro atoms. The number of hydrogen-bond donors (Lipinski definition) is 0. The van der Waals surface area contributed by atoms with Crippen LogP contribution in [-0.2, 0) is 9.53 Å². The van der Waals surface area contributed by atoms with Crippen LogP contribution >= 0.6 is 24.0 Å². The van der Waals surface area contributed by atoms with Crippen LogP contribution in [0.2, 0.25) is 0 Å². The van der Waals surface area contributed by atoms with Gasteiger partial charge in [0.15, 0.2) is 0 Å². The van der Waals surface area contributed by atoms with Crippen molar-refractivity contribution in [1.82, 2.24) is 9.88 Å². The second kappa shape index (κ2) is 7.34. The monoisotopic (exact) mass is 385 g/mol. The zero-order chi connectivity index (χ0) is 18.1. The number of benzene rings is 1. The van der Waals surface area contributed by atoms with E-state index in [2.05, 4.69) is 11.0 Å². The zero-order valence-corrected chi connectivity index (χ0v) is 16.1. The van der Waals surface area contributed by atoms with Crippen LogP contribution < -0.4 is 4.90 Å². The molecular formula is C19H19N3O2S2. The Hall–Kier alpha value is -1.96. The number of rotatable bonds is 3. The summed E-state index contributed by atoms with van der Waals surface area (Å²) in [6, 6.07) is 10.1. The summed E-state index contributed by atoms with van der Waals surface area (Å²) >= 11 is 6.69. The lowest BCUT2D eigenvalue weighted by Gasteiger charge is -2.29. The van der Waals surface area contributed by atoms with E-state index in [1.54, 1.807) is 4.90 Å². The Bertz CT molecular complexity index is 907. The van der Waals surface area contributed by atoms with Crippen molar-refractivity contribution < 1.29 is 9.53 Å². The summed E-state index contributed by atoms with van der Waals surface area (Å²) in [5, 5.41) is 1.06. The summed E-state index contributed by atoms with van der Waals surface area (Å²) in [5.41, 5.74) is 1.90. The van der Waals surface area contributed by atoms with Crippen molar-refractivity contribution in [2.75, 3.05) is 37.7 Å². The van der Waals surface area contributed by atoms with E-state index in [1.165, 1.54) is 11.8 Å². The first kappa shape index (κ1) is 17.5. The number of thiocarbonyl (C=S) groups is 1. The first-order valence-corrected chi connectivity index (χ1v) is 9.87. The van der Waals surface area contributed by atoms with Crippen LogP contribution in [0.25, 0.3) is 17.0 Å². The number of carbonyl (C=O) groups excluding carboxylic acids is 1. The highest BCUT2D eigenvalue weighted by Gasteiger charge is 2.31. The number of amides is 1. The van der Waals surface area contributed by atoms with Crippen molar-refractivity contribution in [1.29, 1.82) is 0 Å². The van der Waals surface area contributed by atoms with Crippen LogP contribution in [0, 0.1) is 0 Å². The molecule has 0 unspecified atom stereocenters. The van der Waals surface area contributed by atoms with Crippen LogP contribution in [0.1, 0.15) is 12.5 Å². The summed E-state index contributed by atoms with van der Waals surface area (Å²) in [5.74, 6) is 0.873. The van der Waals surface area contributed by atoms with Gasteiger partial charge < -0.3 is 9.64 Å². The standard InChI is InChI=1S/C19H19N3O2S2/c1-2-22-18(23)16(26-19(22)25)12-14-11-13-5-3-4-6-15(13)20-17(14)21-7-9-24-10-8-21/h3-6,11-12H,2,7-10H2,1H3. The summed E-state index contributed by atoms with van der Waals surface area (Å²) in [7, 11) is 0. The highest BCUT2D eigenvalue weighted by atomic mass is 32.2. The number of pyridine rings is 1. The third kappa shape index (κ3) is 3.22. The number of para-hydroxylation sites is 1. The van der Waals surface area contributed by atoms with E-state index in [-0.39, 0.29) is 5.91 Å². The van der Waals surface area contributed by atoms with Gasteiger partial charge in [-0.1, -0.05) is 42.2 Å². The molecule has 0 aliphatic carbocycles. The third-order valence-corrected chi connectivity index (χ3v) is 5.90. The lowest BCUT2D eigenvalue weighted by molar-refractivity contribution is -0.121. The minimum Gasteiger partial charge on any atom is -0.378 e. The smallest absolute Gasteiger partial charge is 0.266 e.